The van der Waals surface area contributed by atoms with Crippen LogP contribution in [-0.4, -0.2) is 85.4 Å². The van der Waals surface area contributed by atoms with Gasteiger partial charge in [-0.3, -0.25) is 4.90 Å². The molecule has 8 nitrogen and oxygen atoms in total. The van der Waals surface area contributed by atoms with E-state index >= 15 is 0 Å². The van der Waals surface area contributed by atoms with Crippen molar-refractivity contribution in [1.29, 1.82) is 0 Å². The van der Waals surface area contributed by atoms with Crippen LogP contribution in [0.3, 0.4) is 0 Å². The minimum atomic E-state index is -3.31. The molecular weight excluding hydrogens is 320 g/mol. The number of aromatic nitrogens is 2. The van der Waals surface area contributed by atoms with Crippen LogP contribution in [0.15, 0.2) is 18.7 Å². The Kier molecular flexibility index (Phi) is 5.22. The number of methoxy groups -OCH3 is 1. The van der Waals surface area contributed by atoms with Gasteiger partial charge in [0.05, 0.1) is 31.1 Å². The fourth-order valence-corrected chi connectivity index (χ4v) is 4.70. The standard InChI is InChI=1S/C14H22N4O4S/c1-21-3-2-18-13-9-17(8-12-6-15-11-16-7-12)10-14(13)22-4-5-23(18,19)20/h6-7,11,13-14H,2-5,8-10H2,1H3/t13-,14+/m1/s1. The number of likely N-dealkylation sites (tertiary alicyclic amines) is 1. The molecule has 2 saturated heterocycles. The molecule has 0 bridgehead atoms. The van der Waals surface area contributed by atoms with Crippen LogP contribution in [0, 0.1) is 0 Å². The molecular formula is C14H22N4O4S. The van der Waals surface area contributed by atoms with Crippen LogP contribution < -0.4 is 0 Å². The van der Waals surface area contributed by atoms with Crippen molar-refractivity contribution < 1.29 is 17.9 Å². The molecule has 0 radical (unpaired) electrons. The lowest BCUT2D eigenvalue weighted by Crippen LogP contribution is -2.47. The van der Waals surface area contributed by atoms with Gasteiger partial charge in [0, 0.05) is 51.2 Å². The van der Waals surface area contributed by atoms with Gasteiger partial charge in [-0.2, -0.15) is 4.31 Å². The van der Waals surface area contributed by atoms with Crippen molar-refractivity contribution in [3.63, 3.8) is 0 Å². The summed E-state index contributed by atoms with van der Waals surface area (Å²) in [5.74, 6) is 0.0379. The summed E-state index contributed by atoms with van der Waals surface area (Å²) in [5, 5.41) is 0. The van der Waals surface area contributed by atoms with Crippen LogP contribution in [0.1, 0.15) is 5.56 Å². The van der Waals surface area contributed by atoms with Gasteiger partial charge in [0.25, 0.3) is 0 Å². The molecule has 1 aromatic heterocycles. The van der Waals surface area contributed by atoms with Gasteiger partial charge in [-0.1, -0.05) is 0 Å². The summed E-state index contributed by atoms with van der Waals surface area (Å²) in [5.41, 5.74) is 1.01. The average Bonchev–Trinajstić information content (AvgIpc) is 2.86. The lowest BCUT2D eigenvalue weighted by atomic mass is 10.2. The highest BCUT2D eigenvalue weighted by Crippen LogP contribution is 2.25. The van der Waals surface area contributed by atoms with Crippen molar-refractivity contribution >= 4 is 10.0 Å². The Bertz CT molecular complexity index is 612. The second-order valence-electron chi connectivity index (χ2n) is 5.84. The summed E-state index contributed by atoms with van der Waals surface area (Å²) in [6.07, 6.45) is 4.96. The Morgan fingerprint density at radius 1 is 1.35 bits per heavy atom. The molecule has 1 aromatic rings. The van der Waals surface area contributed by atoms with E-state index < -0.39 is 10.0 Å². The van der Waals surface area contributed by atoms with Crippen LogP contribution in [0.5, 0.6) is 0 Å². The van der Waals surface area contributed by atoms with E-state index in [0.717, 1.165) is 5.56 Å². The zero-order valence-electron chi connectivity index (χ0n) is 13.2. The van der Waals surface area contributed by atoms with Crippen molar-refractivity contribution in [3.8, 4) is 0 Å². The maximum atomic E-state index is 12.5. The SMILES string of the molecule is COCCN1[C@@H]2CN(Cc3cncnc3)C[C@@H]2OCCS1(=O)=O. The van der Waals surface area contributed by atoms with Crippen molar-refractivity contribution in [1.82, 2.24) is 19.2 Å². The molecule has 2 fully saturated rings. The molecule has 0 amide bonds. The quantitative estimate of drug-likeness (QED) is 0.702. The second-order valence-corrected chi connectivity index (χ2v) is 7.88. The van der Waals surface area contributed by atoms with Crippen LogP contribution in [0.2, 0.25) is 0 Å². The van der Waals surface area contributed by atoms with E-state index in [1.54, 1.807) is 23.8 Å². The predicted octanol–water partition coefficient (Wildman–Crippen LogP) is -0.662. The van der Waals surface area contributed by atoms with Gasteiger partial charge < -0.3 is 9.47 Å². The van der Waals surface area contributed by atoms with Gasteiger partial charge in [-0.25, -0.2) is 18.4 Å². The van der Waals surface area contributed by atoms with Crippen LogP contribution in [0.25, 0.3) is 0 Å². The first-order chi connectivity index (χ1) is 11.1. The molecule has 2 atom stereocenters. The number of hydrogen-bond acceptors (Lipinski definition) is 7. The minimum Gasteiger partial charge on any atom is -0.383 e. The summed E-state index contributed by atoms with van der Waals surface area (Å²) in [7, 11) is -1.73. The Morgan fingerprint density at radius 2 is 2.13 bits per heavy atom. The summed E-state index contributed by atoms with van der Waals surface area (Å²) in [6.45, 7) is 3.03. The van der Waals surface area contributed by atoms with Crippen molar-refractivity contribution in [2.45, 2.75) is 18.7 Å². The van der Waals surface area contributed by atoms with Gasteiger partial charge in [0.1, 0.15) is 6.33 Å². The third kappa shape index (κ3) is 3.86. The highest BCUT2D eigenvalue weighted by atomic mass is 32.2. The van der Waals surface area contributed by atoms with Gasteiger partial charge in [0.2, 0.25) is 10.0 Å². The van der Waals surface area contributed by atoms with E-state index in [2.05, 4.69) is 14.9 Å². The molecule has 0 saturated carbocycles. The summed E-state index contributed by atoms with van der Waals surface area (Å²) < 4.78 is 37.4. The molecule has 0 spiro atoms. The van der Waals surface area contributed by atoms with Crippen molar-refractivity contribution in [2.75, 3.05) is 45.7 Å². The first-order valence-electron chi connectivity index (χ1n) is 7.66. The van der Waals surface area contributed by atoms with Crippen molar-refractivity contribution in [3.05, 3.63) is 24.3 Å². The van der Waals surface area contributed by atoms with E-state index in [9.17, 15) is 8.42 Å². The van der Waals surface area contributed by atoms with Gasteiger partial charge in [-0.05, 0) is 0 Å². The highest BCUT2D eigenvalue weighted by Gasteiger charge is 2.44. The number of nitrogens with zero attached hydrogens (tertiary/aromatic N) is 4. The third-order valence-corrected chi connectivity index (χ3v) is 6.10. The van der Waals surface area contributed by atoms with Crippen LogP contribution >= 0.6 is 0 Å². The first kappa shape index (κ1) is 16.7. The lowest BCUT2D eigenvalue weighted by Gasteiger charge is -2.28. The van der Waals surface area contributed by atoms with Gasteiger partial charge in [0.15, 0.2) is 0 Å². The zero-order valence-corrected chi connectivity index (χ0v) is 14.0. The molecule has 2 aliphatic rings. The van der Waals surface area contributed by atoms with E-state index in [0.29, 0.717) is 32.8 Å². The third-order valence-electron chi connectivity index (χ3n) is 4.25. The molecule has 2 aliphatic heterocycles. The molecule has 0 aromatic carbocycles. The number of sulfonamides is 1. The molecule has 3 rings (SSSR count). The van der Waals surface area contributed by atoms with Crippen LogP contribution in [0.4, 0.5) is 0 Å². The Hall–Kier alpha value is -1.13. The summed E-state index contributed by atoms with van der Waals surface area (Å²) in [6, 6.07) is -0.165. The molecule has 9 heteroatoms. The van der Waals surface area contributed by atoms with Gasteiger partial charge >= 0.3 is 0 Å². The Labute approximate surface area is 136 Å². The minimum absolute atomic E-state index is 0.0379. The Balaban J connectivity index is 1.73. The highest BCUT2D eigenvalue weighted by molar-refractivity contribution is 7.89. The molecule has 128 valence electrons. The van der Waals surface area contributed by atoms with Crippen molar-refractivity contribution in [2.24, 2.45) is 0 Å². The second kappa shape index (κ2) is 7.18. The first-order valence-corrected chi connectivity index (χ1v) is 9.27. The zero-order chi connectivity index (χ0) is 16.3. The molecule has 23 heavy (non-hydrogen) atoms. The molecule has 3 heterocycles. The summed E-state index contributed by atoms with van der Waals surface area (Å²) in [4.78, 5) is 10.2. The number of ether oxygens (including phenoxy) is 2. The van der Waals surface area contributed by atoms with Gasteiger partial charge in [-0.15, -0.1) is 0 Å². The number of fused-ring (bicyclic) bond motifs is 1. The Morgan fingerprint density at radius 3 is 2.87 bits per heavy atom. The van der Waals surface area contributed by atoms with E-state index in [-0.39, 0.29) is 24.5 Å². The lowest BCUT2D eigenvalue weighted by molar-refractivity contribution is 0.0431. The molecule has 0 N–H and O–H groups in total. The summed E-state index contributed by atoms with van der Waals surface area (Å²) >= 11 is 0. The maximum absolute atomic E-state index is 12.5. The van der Waals surface area contributed by atoms with E-state index in [1.165, 1.54) is 6.33 Å². The maximum Gasteiger partial charge on any atom is 0.216 e. The number of hydrogen-bond donors (Lipinski definition) is 0. The van der Waals surface area contributed by atoms with Crippen LogP contribution in [-0.2, 0) is 26.0 Å². The topological polar surface area (TPSA) is 84.9 Å². The smallest absolute Gasteiger partial charge is 0.216 e. The molecule has 0 aliphatic carbocycles. The van der Waals surface area contributed by atoms with E-state index in [1.807, 2.05) is 0 Å². The fraction of sp³-hybridized carbons (Fsp3) is 0.714. The normalized spacial score (nSPS) is 28.4. The number of rotatable bonds is 5. The van der Waals surface area contributed by atoms with E-state index in [4.69, 9.17) is 9.47 Å². The predicted molar refractivity (Wildman–Crippen MR) is 83.2 cm³/mol. The fourth-order valence-electron chi connectivity index (χ4n) is 3.19. The molecule has 0 unspecified atom stereocenters. The average molecular weight is 342 g/mol. The monoisotopic (exact) mass is 342 g/mol. The largest absolute Gasteiger partial charge is 0.383 e.